The van der Waals surface area contributed by atoms with Crippen molar-refractivity contribution in [1.82, 2.24) is 4.90 Å². The van der Waals surface area contributed by atoms with Crippen LogP contribution in [0.3, 0.4) is 0 Å². The zero-order chi connectivity index (χ0) is 14.2. The highest BCUT2D eigenvalue weighted by Crippen LogP contribution is 2.37. The summed E-state index contributed by atoms with van der Waals surface area (Å²) >= 11 is -0.0672. The Hall–Kier alpha value is -0.880. The number of piperidine rings is 1. The molecule has 2 aliphatic rings. The number of hydrogen-bond acceptors (Lipinski definition) is 3. The van der Waals surface area contributed by atoms with Gasteiger partial charge in [-0.15, -0.1) is 0 Å². The lowest BCUT2D eigenvalue weighted by Gasteiger charge is -2.31. The molecule has 0 aliphatic carbocycles. The average molecular weight is 302 g/mol. The van der Waals surface area contributed by atoms with Crippen LogP contribution in [-0.2, 0) is 0 Å². The summed E-state index contributed by atoms with van der Waals surface area (Å²) in [6, 6.07) is 7.01. The molecule has 110 valence electrons. The third-order valence-corrected chi connectivity index (χ3v) is 4.81. The van der Waals surface area contributed by atoms with Gasteiger partial charge in [0.15, 0.2) is 0 Å². The highest BCUT2D eigenvalue weighted by molar-refractivity contribution is 8.00. The second-order valence-corrected chi connectivity index (χ2v) is 6.60. The van der Waals surface area contributed by atoms with Gasteiger partial charge in [-0.2, -0.15) is 13.2 Å². The molecule has 0 aromatic heterocycles. The molecule has 1 aromatic rings. The van der Waals surface area contributed by atoms with Crippen molar-refractivity contribution in [3.8, 4) is 0 Å². The number of anilines is 1. The average Bonchev–Trinajstić information content (AvgIpc) is 2.76. The van der Waals surface area contributed by atoms with Crippen LogP contribution in [0.15, 0.2) is 29.2 Å². The SMILES string of the molecule is FC(F)(F)Sc1ccc(NC2CCN3CCC2C3)cc1. The molecule has 1 N–H and O–H groups in total. The molecule has 0 amide bonds. The number of thioether (sulfide) groups is 1. The van der Waals surface area contributed by atoms with Crippen molar-refractivity contribution in [3.63, 3.8) is 0 Å². The number of alkyl halides is 3. The minimum Gasteiger partial charge on any atom is -0.382 e. The number of halogens is 3. The molecule has 3 atom stereocenters. The van der Waals surface area contributed by atoms with Gasteiger partial charge in [0.25, 0.3) is 0 Å². The second-order valence-electron chi connectivity index (χ2n) is 5.46. The van der Waals surface area contributed by atoms with Crippen molar-refractivity contribution in [3.05, 3.63) is 24.3 Å². The van der Waals surface area contributed by atoms with E-state index in [4.69, 9.17) is 0 Å². The monoisotopic (exact) mass is 302 g/mol. The van der Waals surface area contributed by atoms with Crippen LogP contribution in [0.5, 0.6) is 0 Å². The van der Waals surface area contributed by atoms with Crippen LogP contribution < -0.4 is 5.32 Å². The van der Waals surface area contributed by atoms with E-state index in [1.165, 1.54) is 25.1 Å². The van der Waals surface area contributed by atoms with E-state index in [1.54, 1.807) is 12.1 Å². The fraction of sp³-hybridized carbons (Fsp3) is 0.571. The van der Waals surface area contributed by atoms with Crippen LogP contribution in [0.25, 0.3) is 0 Å². The van der Waals surface area contributed by atoms with Crippen molar-refractivity contribution in [2.24, 2.45) is 5.92 Å². The molecule has 0 radical (unpaired) electrons. The van der Waals surface area contributed by atoms with Crippen LogP contribution in [0, 0.1) is 5.92 Å². The first-order valence-corrected chi connectivity index (χ1v) is 7.66. The van der Waals surface area contributed by atoms with E-state index in [9.17, 15) is 13.2 Å². The summed E-state index contributed by atoms with van der Waals surface area (Å²) in [6.07, 6.45) is 2.34. The Morgan fingerprint density at radius 3 is 2.50 bits per heavy atom. The predicted molar refractivity (Wildman–Crippen MR) is 74.9 cm³/mol. The maximum atomic E-state index is 12.3. The largest absolute Gasteiger partial charge is 0.446 e. The van der Waals surface area contributed by atoms with Gasteiger partial charge < -0.3 is 10.2 Å². The summed E-state index contributed by atoms with van der Waals surface area (Å²) in [6.45, 7) is 3.46. The zero-order valence-electron chi connectivity index (χ0n) is 11.0. The third kappa shape index (κ3) is 3.41. The molecule has 1 aromatic carbocycles. The molecular formula is C14H17F3N2S. The van der Waals surface area contributed by atoms with E-state index in [-0.39, 0.29) is 16.7 Å². The van der Waals surface area contributed by atoms with E-state index in [0.29, 0.717) is 12.0 Å². The molecule has 2 heterocycles. The summed E-state index contributed by atoms with van der Waals surface area (Å²) in [4.78, 5) is 2.71. The first-order chi connectivity index (χ1) is 9.49. The van der Waals surface area contributed by atoms with Gasteiger partial charge in [0, 0.05) is 29.7 Å². The lowest BCUT2D eigenvalue weighted by Crippen LogP contribution is -2.39. The molecule has 2 nitrogen and oxygen atoms in total. The predicted octanol–water partition coefficient (Wildman–Crippen LogP) is 3.80. The first kappa shape index (κ1) is 14.1. The number of hydrogen-bond donors (Lipinski definition) is 1. The van der Waals surface area contributed by atoms with E-state index < -0.39 is 5.51 Å². The Morgan fingerprint density at radius 1 is 1.10 bits per heavy atom. The molecule has 2 aliphatic heterocycles. The van der Waals surface area contributed by atoms with Crippen LogP contribution in [0.4, 0.5) is 18.9 Å². The van der Waals surface area contributed by atoms with E-state index in [2.05, 4.69) is 10.2 Å². The lowest BCUT2D eigenvalue weighted by molar-refractivity contribution is -0.0328. The van der Waals surface area contributed by atoms with Crippen molar-refractivity contribution in [2.75, 3.05) is 25.0 Å². The van der Waals surface area contributed by atoms with Crippen LogP contribution >= 0.6 is 11.8 Å². The highest BCUT2D eigenvalue weighted by Gasteiger charge is 2.34. The van der Waals surface area contributed by atoms with Gasteiger partial charge in [-0.25, -0.2) is 0 Å². The Labute approximate surface area is 120 Å². The molecular weight excluding hydrogens is 285 g/mol. The van der Waals surface area contributed by atoms with Crippen molar-refractivity contribution in [1.29, 1.82) is 0 Å². The fourth-order valence-corrected chi connectivity index (χ4v) is 3.65. The Kier molecular flexibility index (Phi) is 3.86. The number of nitrogens with zero attached hydrogens (tertiary/aromatic N) is 1. The first-order valence-electron chi connectivity index (χ1n) is 6.84. The summed E-state index contributed by atoms with van der Waals surface area (Å²) in [5, 5.41) is 3.48. The Balaban J connectivity index is 1.60. The van der Waals surface area contributed by atoms with Gasteiger partial charge in [0.05, 0.1) is 0 Å². The van der Waals surface area contributed by atoms with E-state index in [0.717, 1.165) is 25.2 Å². The molecule has 3 unspecified atom stereocenters. The van der Waals surface area contributed by atoms with Gasteiger partial charge in [-0.05, 0) is 61.3 Å². The molecule has 2 saturated heterocycles. The molecule has 2 bridgehead atoms. The minimum absolute atomic E-state index is 0.0672. The van der Waals surface area contributed by atoms with E-state index >= 15 is 0 Å². The normalized spacial score (nSPS) is 29.4. The topological polar surface area (TPSA) is 15.3 Å². The van der Waals surface area contributed by atoms with Gasteiger partial charge >= 0.3 is 5.51 Å². The van der Waals surface area contributed by atoms with Crippen molar-refractivity contribution >= 4 is 17.4 Å². The molecule has 2 fully saturated rings. The van der Waals surface area contributed by atoms with Gasteiger partial charge in [-0.3, -0.25) is 0 Å². The van der Waals surface area contributed by atoms with Gasteiger partial charge in [-0.1, -0.05) is 0 Å². The number of fused-ring (bicyclic) bond motifs is 2. The molecule has 0 spiro atoms. The fourth-order valence-electron chi connectivity index (χ4n) is 3.11. The summed E-state index contributed by atoms with van der Waals surface area (Å²) in [5.41, 5.74) is -3.30. The highest BCUT2D eigenvalue weighted by atomic mass is 32.2. The Bertz CT molecular complexity index is 460. The van der Waals surface area contributed by atoms with Crippen molar-refractivity contribution < 1.29 is 13.2 Å². The lowest BCUT2D eigenvalue weighted by atomic mass is 9.94. The molecule has 0 saturated carbocycles. The smallest absolute Gasteiger partial charge is 0.382 e. The van der Waals surface area contributed by atoms with Crippen LogP contribution in [0.1, 0.15) is 12.8 Å². The zero-order valence-corrected chi connectivity index (χ0v) is 11.8. The van der Waals surface area contributed by atoms with Crippen LogP contribution in [0.2, 0.25) is 0 Å². The number of nitrogens with one attached hydrogen (secondary N) is 1. The van der Waals surface area contributed by atoms with Crippen molar-refractivity contribution in [2.45, 2.75) is 29.3 Å². The Morgan fingerprint density at radius 2 is 1.80 bits per heavy atom. The van der Waals surface area contributed by atoms with E-state index in [1.807, 2.05) is 0 Å². The summed E-state index contributed by atoms with van der Waals surface area (Å²) in [5.74, 6) is 0.674. The summed E-state index contributed by atoms with van der Waals surface area (Å²) in [7, 11) is 0. The van der Waals surface area contributed by atoms with Gasteiger partial charge in [0.1, 0.15) is 0 Å². The number of benzene rings is 1. The second kappa shape index (κ2) is 5.48. The molecule has 3 rings (SSSR count). The molecule has 20 heavy (non-hydrogen) atoms. The number of rotatable bonds is 3. The minimum atomic E-state index is -4.22. The maximum absolute atomic E-state index is 12.3. The quantitative estimate of drug-likeness (QED) is 0.855. The molecule has 6 heteroatoms. The third-order valence-electron chi connectivity index (χ3n) is 4.07. The maximum Gasteiger partial charge on any atom is 0.446 e. The standard InChI is InChI=1S/C14H17F3N2S/c15-14(16,17)20-12-3-1-11(2-4-12)18-13-6-8-19-7-5-10(13)9-19/h1-4,10,13,18H,5-9H2. The van der Waals surface area contributed by atoms with Gasteiger partial charge in [0.2, 0.25) is 0 Å². The van der Waals surface area contributed by atoms with Crippen LogP contribution in [-0.4, -0.2) is 36.1 Å². The summed E-state index contributed by atoms with van der Waals surface area (Å²) < 4.78 is 36.8.